The molecule has 3 heteroatoms. The topological polar surface area (TPSA) is 43.4 Å². The van der Waals surface area contributed by atoms with Crippen LogP contribution in [0.4, 0.5) is 0 Å². The van der Waals surface area contributed by atoms with Gasteiger partial charge < -0.3 is 4.74 Å². The first-order valence-corrected chi connectivity index (χ1v) is 6.62. The van der Waals surface area contributed by atoms with Gasteiger partial charge in [-0.25, -0.2) is 0 Å². The van der Waals surface area contributed by atoms with Crippen LogP contribution in [0.3, 0.4) is 0 Å². The Balaban J connectivity index is 1.85. The summed E-state index contributed by atoms with van der Waals surface area (Å²) in [6.45, 7) is 0.458. The van der Waals surface area contributed by atoms with Gasteiger partial charge >= 0.3 is 0 Å². The van der Waals surface area contributed by atoms with Crippen molar-refractivity contribution in [2.45, 2.75) is 19.4 Å². The summed E-state index contributed by atoms with van der Waals surface area (Å²) in [5.41, 5.74) is 2.42. The quantitative estimate of drug-likeness (QED) is 0.802. The summed E-state index contributed by atoms with van der Waals surface area (Å²) >= 11 is 0. The van der Waals surface area contributed by atoms with E-state index in [9.17, 15) is 9.59 Å². The maximum absolute atomic E-state index is 11.8. The highest BCUT2D eigenvalue weighted by Crippen LogP contribution is 2.29. The summed E-state index contributed by atoms with van der Waals surface area (Å²) in [6.07, 6.45) is 0.850. The summed E-state index contributed by atoms with van der Waals surface area (Å²) in [4.78, 5) is 23.3. The van der Waals surface area contributed by atoms with E-state index in [1.54, 1.807) is 12.1 Å². The largest absolute Gasteiger partial charge is 0.489 e. The molecule has 0 saturated heterocycles. The van der Waals surface area contributed by atoms with Crippen LogP contribution in [0.2, 0.25) is 0 Å². The number of benzene rings is 2. The molecule has 0 spiro atoms. The van der Waals surface area contributed by atoms with E-state index in [0.29, 0.717) is 24.3 Å². The minimum Gasteiger partial charge on any atom is -0.489 e. The average molecular weight is 266 g/mol. The normalized spacial score (nSPS) is 14.0. The van der Waals surface area contributed by atoms with Crippen molar-refractivity contribution in [1.29, 1.82) is 0 Å². The fourth-order valence-electron chi connectivity index (χ4n) is 2.41. The number of carbonyl (C=O) groups is 2. The Morgan fingerprint density at radius 1 is 0.900 bits per heavy atom. The number of ketones is 2. The molecule has 2 aromatic rings. The Morgan fingerprint density at radius 2 is 1.70 bits per heavy atom. The van der Waals surface area contributed by atoms with E-state index in [1.807, 2.05) is 36.4 Å². The lowest BCUT2D eigenvalue weighted by atomic mass is 9.89. The van der Waals surface area contributed by atoms with Crippen molar-refractivity contribution >= 4 is 11.6 Å². The van der Waals surface area contributed by atoms with Crippen molar-refractivity contribution in [2.24, 2.45) is 0 Å². The number of hydrogen-bond donors (Lipinski definition) is 0. The highest BCUT2D eigenvalue weighted by molar-refractivity contribution is 6.44. The zero-order chi connectivity index (χ0) is 13.9. The third kappa shape index (κ3) is 2.35. The van der Waals surface area contributed by atoms with Crippen LogP contribution >= 0.6 is 0 Å². The molecule has 0 N–H and O–H groups in total. The molecule has 0 fully saturated rings. The van der Waals surface area contributed by atoms with Gasteiger partial charge in [0.1, 0.15) is 12.4 Å². The summed E-state index contributed by atoms with van der Waals surface area (Å²) < 4.78 is 5.81. The van der Waals surface area contributed by atoms with E-state index in [4.69, 9.17) is 4.74 Å². The molecule has 100 valence electrons. The maximum atomic E-state index is 11.8. The van der Waals surface area contributed by atoms with Crippen molar-refractivity contribution in [2.75, 3.05) is 0 Å². The van der Waals surface area contributed by atoms with E-state index >= 15 is 0 Å². The van der Waals surface area contributed by atoms with Gasteiger partial charge in [-0.1, -0.05) is 42.5 Å². The van der Waals surface area contributed by atoms with Gasteiger partial charge in [-0.15, -0.1) is 0 Å². The molecule has 3 nitrogen and oxygen atoms in total. The van der Waals surface area contributed by atoms with Gasteiger partial charge in [-0.05, 0) is 18.1 Å². The summed E-state index contributed by atoms with van der Waals surface area (Å²) in [7, 11) is 0. The highest BCUT2D eigenvalue weighted by atomic mass is 16.5. The molecule has 0 atom stereocenters. The molecule has 0 radical (unpaired) electrons. The van der Waals surface area contributed by atoms with Gasteiger partial charge in [0, 0.05) is 17.5 Å². The fourth-order valence-corrected chi connectivity index (χ4v) is 2.41. The zero-order valence-corrected chi connectivity index (χ0v) is 11.0. The standard InChI is InChI=1S/C17H14O3/c18-15-10-9-13-14(17(15)19)7-4-8-16(13)20-11-12-5-2-1-3-6-12/h1-8H,9-11H2. The van der Waals surface area contributed by atoms with Gasteiger partial charge in [0.2, 0.25) is 11.6 Å². The number of hydrogen-bond acceptors (Lipinski definition) is 3. The minimum absolute atomic E-state index is 0.275. The highest BCUT2D eigenvalue weighted by Gasteiger charge is 2.26. The number of ether oxygens (including phenoxy) is 1. The second kappa shape index (κ2) is 5.29. The van der Waals surface area contributed by atoms with Gasteiger partial charge in [-0.3, -0.25) is 9.59 Å². The smallest absolute Gasteiger partial charge is 0.228 e. The molecular weight excluding hydrogens is 252 g/mol. The second-order valence-corrected chi connectivity index (χ2v) is 4.81. The monoisotopic (exact) mass is 266 g/mol. The van der Waals surface area contributed by atoms with Crippen LogP contribution in [0.5, 0.6) is 5.75 Å². The van der Waals surface area contributed by atoms with Crippen LogP contribution in [0.25, 0.3) is 0 Å². The first kappa shape index (κ1) is 12.6. The van der Waals surface area contributed by atoms with Crippen molar-refractivity contribution < 1.29 is 14.3 Å². The molecule has 0 aliphatic heterocycles. The number of rotatable bonds is 3. The Morgan fingerprint density at radius 3 is 2.50 bits per heavy atom. The van der Waals surface area contributed by atoms with Crippen LogP contribution in [0, 0.1) is 0 Å². The summed E-state index contributed by atoms with van der Waals surface area (Å²) in [5.74, 6) is 0.00123. The molecule has 20 heavy (non-hydrogen) atoms. The average Bonchev–Trinajstić information content (AvgIpc) is 2.50. The first-order chi connectivity index (χ1) is 9.75. The van der Waals surface area contributed by atoms with E-state index in [1.165, 1.54) is 0 Å². The van der Waals surface area contributed by atoms with Crippen molar-refractivity contribution in [3.63, 3.8) is 0 Å². The zero-order valence-electron chi connectivity index (χ0n) is 11.0. The van der Waals surface area contributed by atoms with Gasteiger partial charge in [0.05, 0.1) is 0 Å². The van der Waals surface area contributed by atoms with Crippen molar-refractivity contribution in [3.8, 4) is 5.75 Å². The molecule has 3 rings (SSSR count). The molecular formula is C17H14O3. The van der Waals surface area contributed by atoms with E-state index in [-0.39, 0.29) is 12.2 Å². The Labute approximate surface area is 117 Å². The lowest BCUT2D eigenvalue weighted by Crippen LogP contribution is -2.22. The van der Waals surface area contributed by atoms with Gasteiger partial charge in [-0.2, -0.15) is 0 Å². The van der Waals surface area contributed by atoms with Crippen molar-refractivity contribution in [1.82, 2.24) is 0 Å². The third-order valence-corrected chi connectivity index (χ3v) is 3.47. The van der Waals surface area contributed by atoms with Gasteiger partial charge in [0.15, 0.2) is 0 Å². The minimum atomic E-state index is -0.392. The van der Waals surface area contributed by atoms with Crippen LogP contribution in [-0.2, 0) is 17.8 Å². The summed E-state index contributed by atoms with van der Waals surface area (Å²) in [5, 5.41) is 0. The van der Waals surface area contributed by atoms with Crippen LogP contribution in [0.15, 0.2) is 48.5 Å². The van der Waals surface area contributed by atoms with Crippen LogP contribution in [-0.4, -0.2) is 11.6 Å². The molecule has 0 aromatic heterocycles. The van der Waals surface area contributed by atoms with Crippen LogP contribution < -0.4 is 4.74 Å². The predicted octanol–water partition coefficient (Wildman–Crippen LogP) is 2.96. The molecule has 0 unspecified atom stereocenters. The lowest BCUT2D eigenvalue weighted by molar-refractivity contribution is -0.115. The molecule has 0 heterocycles. The first-order valence-electron chi connectivity index (χ1n) is 6.62. The number of carbonyl (C=O) groups excluding carboxylic acids is 2. The lowest BCUT2D eigenvalue weighted by Gasteiger charge is -2.18. The second-order valence-electron chi connectivity index (χ2n) is 4.81. The van der Waals surface area contributed by atoms with E-state index < -0.39 is 5.78 Å². The molecule has 2 aromatic carbocycles. The van der Waals surface area contributed by atoms with E-state index in [0.717, 1.165) is 11.1 Å². The molecule has 1 aliphatic rings. The maximum Gasteiger partial charge on any atom is 0.228 e. The molecule has 1 aliphatic carbocycles. The fraction of sp³-hybridized carbons (Fsp3) is 0.176. The predicted molar refractivity (Wildman–Crippen MR) is 74.9 cm³/mol. The van der Waals surface area contributed by atoms with Crippen molar-refractivity contribution in [3.05, 3.63) is 65.2 Å². The van der Waals surface area contributed by atoms with Gasteiger partial charge in [0.25, 0.3) is 0 Å². The van der Waals surface area contributed by atoms with E-state index in [2.05, 4.69) is 0 Å². The number of fused-ring (bicyclic) bond motifs is 1. The Kier molecular flexibility index (Phi) is 3.33. The third-order valence-electron chi connectivity index (χ3n) is 3.47. The SMILES string of the molecule is O=C1CCc2c(OCc3ccccc3)cccc2C1=O. The van der Waals surface area contributed by atoms with Crippen LogP contribution in [0.1, 0.15) is 27.9 Å². The Hall–Kier alpha value is -2.42. The molecule has 0 saturated carbocycles. The Bertz CT molecular complexity index is 659. The number of Topliss-reactive ketones (excluding diaryl/α,β-unsaturated/α-hetero) is 2. The molecule has 0 amide bonds. The summed E-state index contributed by atoms with van der Waals surface area (Å²) in [6, 6.07) is 15.2. The molecule has 0 bridgehead atoms.